The monoisotopic (exact) mass is 107 g/mol. The van der Waals surface area contributed by atoms with Crippen LogP contribution in [-0.4, -0.2) is 6.54 Å². The van der Waals surface area contributed by atoms with E-state index < -0.39 is 0 Å². The summed E-state index contributed by atoms with van der Waals surface area (Å²) in [5, 5.41) is 0. The topological polar surface area (TPSA) is 43.1 Å². The summed E-state index contributed by atoms with van der Waals surface area (Å²) in [7, 11) is 1.72. The molecule has 0 amide bonds. The molecule has 0 unspecified atom stereocenters. The molecule has 0 aliphatic heterocycles. The van der Waals surface area contributed by atoms with Crippen molar-refractivity contribution in [1.29, 1.82) is 0 Å². The quantitative estimate of drug-likeness (QED) is 0.504. The minimum atomic E-state index is 0.819. The number of rotatable bonds is 1. The van der Waals surface area contributed by atoms with Crippen molar-refractivity contribution in [2.45, 2.75) is 13.3 Å². The molecule has 0 bridgehead atoms. The van der Waals surface area contributed by atoms with Gasteiger partial charge in [-0.15, -0.1) is 0 Å². The van der Waals surface area contributed by atoms with Crippen molar-refractivity contribution in [2.24, 2.45) is 5.73 Å². The molecule has 38 valence electrons. The summed E-state index contributed by atoms with van der Waals surface area (Å²) >= 11 is 0. The summed E-state index contributed by atoms with van der Waals surface area (Å²) in [6.07, 6.45) is 1.10. The van der Waals surface area contributed by atoms with E-state index in [1.165, 1.54) is 0 Å². The van der Waals surface area contributed by atoms with Gasteiger partial charge in [0, 0.05) is 0 Å². The zero-order valence-electron chi connectivity index (χ0n) is 3.90. The Labute approximate surface area is 40.3 Å². The lowest BCUT2D eigenvalue weighted by molar-refractivity contribution is 0.607. The van der Waals surface area contributed by atoms with Gasteiger partial charge in [0.1, 0.15) is 9.12 Å². The highest BCUT2D eigenvalue weighted by molar-refractivity contribution is 7.00. The van der Waals surface area contributed by atoms with Crippen molar-refractivity contribution in [3.8, 4) is 0 Å². The summed E-state index contributed by atoms with van der Waals surface area (Å²) in [6, 6.07) is 0. The van der Waals surface area contributed by atoms with Crippen LogP contribution in [0.1, 0.15) is 13.3 Å². The fourth-order valence-corrected chi connectivity index (χ4v) is 0. The number of nitrogens with two attached hydrogens (primary N) is 1. The van der Waals surface area contributed by atoms with Crippen molar-refractivity contribution in [2.75, 3.05) is 6.54 Å². The van der Waals surface area contributed by atoms with Crippen LogP contribution in [-0.2, 0) is 4.57 Å². The van der Waals surface area contributed by atoms with Gasteiger partial charge in [0.05, 0.1) is 0 Å². The lowest BCUT2D eigenvalue weighted by atomic mass is 10.5. The molecular formula is C3H10NOP. The zero-order valence-corrected chi connectivity index (χ0v) is 4.90. The van der Waals surface area contributed by atoms with Crippen LogP contribution in [0.4, 0.5) is 0 Å². The van der Waals surface area contributed by atoms with Crippen LogP contribution in [0.2, 0.25) is 0 Å². The standard InChI is InChI=1S/C3H9N.HOP/c1-2-3-4;1-2/h2-4H2,1H3;2H. The van der Waals surface area contributed by atoms with E-state index in [1.807, 2.05) is 0 Å². The van der Waals surface area contributed by atoms with E-state index in [2.05, 4.69) is 6.92 Å². The first-order chi connectivity index (χ1) is 2.91. The first-order valence-corrected chi connectivity index (χ1v) is 2.23. The molecule has 0 aromatic carbocycles. The summed E-state index contributed by atoms with van der Waals surface area (Å²) in [5.74, 6) is 0. The van der Waals surface area contributed by atoms with Gasteiger partial charge in [0.2, 0.25) is 0 Å². The highest BCUT2D eigenvalue weighted by Gasteiger charge is 1.55. The van der Waals surface area contributed by atoms with Crippen molar-refractivity contribution < 1.29 is 4.57 Å². The Hall–Kier alpha value is 0.0600. The first-order valence-electron chi connectivity index (χ1n) is 1.82. The van der Waals surface area contributed by atoms with Crippen LogP contribution in [0.3, 0.4) is 0 Å². The number of hydrogen-bond acceptors (Lipinski definition) is 2. The molecule has 0 spiro atoms. The highest BCUT2D eigenvalue weighted by Crippen LogP contribution is 1.57. The molecule has 0 aliphatic carbocycles. The lowest BCUT2D eigenvalue weighted by Gasteiger charge is -1.70. The van der Waals surface area contributed by atoms with Crippen LogP contribution >= 0.6 is 9.12 Å². The van der Waals surface area contributed by atoms with Gasteiger partial charge in [0.25, 0.3) is 0 Å². The Morgan fingerprint density at radius 2 is 1.83 bits per heavy atom. The second-order valence-electron chi connectivity index (χ2n) is 0.789. The fraction of sp³-hybridized carbons (Fsp3) is 1.00. The molecule has 0 aromatic rings. The average molecular weight is 107 g/mol. The van der Waals surface area contributed by atoms with Gasteiger partial charge >= 0.3 is 0 Å². The summed E-state index contributed by atoms with van der Waals surface area (Å²) in [6.45, 7) is 2.88. The van der Waals surface area contributed by atoms with Crippen LogP contribution < -0.4 is 5.73 Å². The Kier molecular flexibility index (Phi) is 30.8. The summed E-state index contributed by atoms with van der Waals surface area (Å²) in [5.41, 5.74) is 5.03. The van der Waals surface area contributed by atoms with Gasteiger partial charge < -0.3 is 5.73 Å². The highest BCUT2D eigenvalue weighted by atomic mass is 31.0. The normalized spacial score (nSPS) is 5.67. The Morgan fingerprint density at radius 3 is 1.83 bits per heavy atom. The Balaban J connectivity index is 0. The van der Waals surface area contributed by atoms with E-state index in [1.54, 1.807) is 9.12 Å². The largest absolute Gasteiger partial charge is 0.330 e. The van der Waals surface area contributed by atoms with E-state index in [4.69, 9.17) is 10.3 Å². The Bertz CT molecular complexity index is 18.3. The molecule has 0 fully saturated rings. The van der Waals surface area contributed by atoms with Gasteiger partial charge in [-0.3, -0.25) is 4.57 Å². The third-order valence-electron chi connectivity index (χ3n) is 0.289. The van der Waals surface area contributed by atoms with Gasteiger partial charge in [0.15, 0.2) is 0 Å². The molecular weight excluding hydrogens is 97.0 g/mol. The molecule has 0 saturated carbocycles. The van der Waals surface area contributed by atoms with Crippen LogP contribution in [0.25, 0.3) is 0 Å². The van der Waals surface area contributed by atoms with Crippen LogP contribution in [0, 0.1) is 0 Å². The van der Waals surface area contributed by atoms with Crippen LogP contribution in [0.5, 0.6) is 0 Å². The van der Waals surface area contributed by atoms with Crippen molar-refractivity contribution >= 4 is 9.12 Å². The molecule has 0 heterocycles. The minimum Gasteiger partial charge on any atom is -0.330 e. The van der Waals surface area contributed by atoms with E-state index in [0.717, 1.165) is 13.0 Å². The molecule has 0 rings (SSSR count). The Morgan fingerprint density at radius 1 is 1.67 bits per heavy atom. The number of hydrogen-bond donors (Lipinski definition) is 1. The van der Waals surface area contributed by atoms with Crippen molar-refractivity contribution in [3.05, 3.63) is 0 Å². The van der Waals surface area contributed by atoms with Crippen molar-refractivity contribution in [1.82, 2.24) is 0 Å². The van der Waals surface area contributed by atoms with E-state index >= 15 is 0 Å². The molecule has 0 atom stereocenters. The maximum absolute atomic E-state index is 8.06. The zero-order chi connectivity index (χ0) is 5.41. The second-order valence-corrected chi connectivity index (χ2v) is 0.789. The van der Waals surface area contributed by atoms with Crippen molar-refractivity contribution in [3.63, 3.8) is 0 Å². The van der Waals surface area contributed by atoms with Gasteiger partial charge in [-0.05, 0) is 13.0 Å². The third-order valence-corrected chi connectivity index (χ3v) is 0.289. The van der Waals surface area contributed by atoms with Gasteiger partial charge in [-0.25, -0.2) is 0 Å². The van der Waals surface area contributed by atoms with E-state index in [0.29, 0.717) is 0 Å². The van der Waals surface area contributed by atoms with Gasteiger partial charge in [-0.1, -0.05) is 6.92 Å². The van der Waals surface area contributed by atoms with E-state index in [-0.39, 0.29) is 0 Å². The molecule has 0 radical (unpaired) electrons. The van der Waals surface area contributed by atoms with E-state index in [9.17, 15) is 0 Å². The molecule has 6 heavy (non-hydrogen) atoms. The summed E-state index contributed by atoms with van der Waals surface area (Å²) in [4.78, 5) is 0. The fourth-order valence-electron chi connectivity index (χ4n) is 0. The molecule has 0 saturated heterocycles. The summed E-state index contributed by atoms with van der Waals surface area (Å²) < 4.78 is 8.06. The van der Waals surface area contributed by atoms with Crippen LogP contribution in [0.15, 0.2) is 0 Å². The minimum absolute atomic E-state index is 0.819. The smallest absolute Gasteiger partial charge is 0.138 e. The third kappa shape index (κ3) is 33.8. The molecule has 0 aliphatic rings. The maximum atomic E-state index is 8.06. The average Bonchev–Trinajstić information content (AvgIpc) is 1.72. The predicted octanol–water partition coefficient (Wildman–Crippen LogP) is 0.830. The molecule has 0 aromatic heterocycles. The van der Waals surface area contributed by atoms with Gasteiger partial charge in [-0.2, -0.15) is 0 Å². The molecule has 2 nitrogen and oxygen atoms in total. The predicted molar refractivity (Wildman–Crippen MR) is 28.3 cm³/mol. The second kappa shape index (κ2) is 19.7. The maximum Gasteiger partial charge on any atom is 0.138 e. The molecule has 2 N–H and O–H groups in total. The SMILES string of the molecule is CCCN.O=P. The molecule has 3 heteroatoms. The lowest BCUT2D eigenvalue weighted by Crippen LogP contribution is -1.93. The first kappa shape index (κ1) is 9.41.